The van der Waals surface area contributed by atoms with E-state index in [4.69, 9.17) is 9.84 Å². The summed E-state index contributed by atoms with van der Waals surface area (Å²) in [6.07, 6.45) is 0. The van der Waals surface area contributed by atoms with Crippen molar-refractivity contribution in [2.45, 2.75) is 12.2 Å². The van der Waals surface area contributed by atoms with Gasteiger partial charge in [0.1, 0.15) is 16.8 Å². The van der Waals surface area contributed by atoms with Crippen LogP contribution >= 0.6 is 0 Å². The summed E-state index contributed by atoms with van der Waals surface area (Å²) in [5.74, 6) is -1.37. The number of carboxylic acids is 1. The van der Waals surface area contributed by atoms with Crippen LogP contribution in [0.2, 0.25) is 0 Å². The van der Waals surface area contributed by atoms with Gasteiger partial charge in [0.15, 0.2) is 0 Å². The van der Waals surface area contributed by atoms with Crippen LogP contribution in [-0.2, 0) is 20.4 Å². The minimum Gasteiger partial charge on any atom is -0.497 e. The maximum absolute atomic E-state index is 11.6. The van der Waals surface area contributed by atoms with E-state index in [1.807, 2.05) is 0 Å². The van der Waals surface area contributed by atoms with Crippen LogP contribution in [-0.4, -0.2) is 39.3 Å². The maximum Gasteiger partial charge on any atom is 0.318 e. The third kappa shape index (κ3) is 4.70. The van der Waals surface area contributed by atoms with Crippen molar-refractivity contribution in [1.82, 2.24) is 0 Å². The number of aliphatic carboxylic acids is 1. The normalized spacial score (nSPS) is 13.4. The van der Waals surface area contributed by atoms with Crippen molar-refractivity contribution >= 4 is 28.4 Å². The average Bonchev–Trinajstić information content (AvgIpc) is 2.38. The Morgan fingerprint density at radius 2 is 1.95 bits per heavy atom. The molecule has 1 amide bonds. The monoisotopic (exact) mass is 285 g/mol. The van der Waals surface area contributed by atoms with E-state index in [2.05, 4.69) is 5.32 Å². The number of amides is 1. The molecule has 0 aliphatic heterocycles. The summed E-state index contributed by atoms with van der Waals surface area (Å²) in [5.41, 5.74) is 0.533. The Kier molecular flexibility index (Phi) is 5.50. The molecule has 0 spiro atoms. The number of methoxy groups -OCH3 is 1. The lowest BCUT2D eigenvalue weighted by Gasteiger charge is -2.08. The molecule has 0 heterocycles. The van der Waals surface area contributed by atoms with Crippen LogP contribution in [0, 0.1) is 0 Å². The highest BCUT2D eigenvalue weighted by Gasteiger charge is 2.21. The molecule has 2 unspecified atom stereocenters. The largest absolute Gasteiger partial charge is 0.497 e. The van der Waals surface area contributed by atoms with Crippen molar-refractivity contribution in [1.29, 1.82) is 0 Å². The Morgan fingerprint density at radius 3 is 2.42 bits per heavy atom. The molecule has 1 aromatic rings. The van der Waals surface area contributed by atoms with E-state index < -0.39 is 27.9 Å². The molecule has 2 N–H and O–H groups in total. The molecular formula is C12H15NO5S. The van der Waals surface area contributed by atoms with Gasteiger partial charge in [0.25, 0.3) is 0 Å². The number of rotatable bonds is 6. The SMILES string of the molecule is COc1ccc(NC(=O)CS(=O)C(C)C(=O)O)cc1. The first-order chi connectivity index (χ1) is 8.93. The first kappa shape index (κ1) is 15.2. The number of benzene rings is 1. The Morgan fingerprint density at radius 1 is 1.37 bits per heavy atom. The molecule has 2 atom stereocenters. The summed E-state index contributed by atoms with van der Waals surface area (Å²) in [4.78, 5) is 22.2. The molecule has 6 nitrogen and oxygen atoms in total. The van der Waals surface area contributed by atoms with Gasteiger partial charge in [0, 0.05) is 16.5 Å². The molecule has 7 heteroatoms. The number of nitrogens with one attached hydrogen (secondary N) is 1. The zero-order chi connectivity index (χ0) is 14.4. The van der Waals surface area contributed by atoms with Crippen molar-refractivity contribution in [3.8, 4) is 5.75 Å². The molecule has 0 saturated heterocycles. The van der Waals surface area contributed by atoms with Crippen molar-refractivity contribution in [3.63, 3.8) is 0 Å². The van der Waals surface area contributed by atoms with Gasteiger partial charge in [0.2, 0.25) is 5.91 Å². The molecule has 0 aliphatic rings. The Balaban J connectivity index is 2.55. The van der Waals surface area contributed by atoms with Crippen molar-refractivity contribution in [2.75, 3.05) is 18.2 Å². The van der Waals surface area contributed by atoms with E-state index in [1.54, 1.807) is 24.3 Å². The van der Waals surface area contributed by atoms with E-state index in [-0.39, 0.29) is 5.75 Å². The van der Waals surface area contributed by atoms with Crippen LogP contribution in [0.5, 0.6) is 5.75 Å². The minimum absolute atomic E-state index is 0.348. The topological polar surface area (TPSA) is 92.7 Å². The summed E-state index contributed by atoms with van der Waals surface area (Å²) in [7, 11) is -0.209. The van der Waals surface area contributed by atoms with E-state index in [9.17, 15) is 13.8 Å². The quantitative estimate of drug-likeness (QED) is 0.808. The number of anilines is 1. The van der Waals surface area contributed by atoms with Gasteiger partial charge in [-0.25, -0.2) is 0 Å². The van der Waals surface area contributed by atoms with E-state index in [0.717, 1.165) is 0 Å². The lowest BCUT2D eigenvalue weighted by Crippen LogP contribution is -2.29. The van der Waals surface area contributed by atoms with Gasteiger partial charge in [-0.3, -0.25) is 13.8 Å². The smallest absolute Gasteiger partial charge is 0.318 e. The van der Waals surface area contributed by atoms with Gasteiger partial charge in [-0.15, -0.1) is 0 Å². The van der Waals surface area contributed by atoms with Crippen molar-refractivity contribution < 1.29 is 23.6 Å². The lowest BCUT2D eigenvalue weighted by molar-refractivity contribution is -0.136. The van der Waals surface area contributed by atoms with E-state index in [0.29, 0.717) is 11.4 Å². The van der Waals surface area contributed by atoms with Crippen LogP contribution in [0.15, 0.2) is 24.3 Å². The number of carbonyl (C=O) groups excluding carboxylic acids is 1. The van der Waals surface area contributed by atoms with Crippen LogP contribution < -0.4 is 10.1 Å². The van der Waals surface area contributed by atoms with Crippen molar-refractivity contribution in [3.05, 3.63) is 24.3 Å². The summed E-state index contributed by atoms with van der Waals surface area (Å²) in [6, 6.07) is 6.62. The first-order valence-corrected chi connectivity index (χ1v) is 6.86. The fourth-order valence-corrected chi connectivity index (χ4v) is 2.04. The van der Waals surface area contributed by atoms with Gasteiger partial charge in [-0.05, 0) is 31.2 Å². The van der Waals surface area contributed by atoms with E-state index >= 15 is 0 Å². The van der Waals surface area contributed by atoms with Crippen LogP contribution in [0.3, 0.4) is 0 Å². The second kappa shape index (κ2) is 6.89. The third-order valence-electron chi connectivity index (χ3n) is 2.39. The van der Waals surface area contributed by atoms with Crippen LogP contribution in [0.4, 0.5) is 5.69 Å². The first-order valence-electron chi connectivity index (χ1n) is 5.48. The molecule has 0 aliphatic carbocycles. The van der Waals surface area contributed by atoms with Crippen molar-refractivity contribution in [2.24, 2.45) is 0 Å². The maximum atomic E-state index is 11.6. The van der Waals surface area contributed by atoms with Gasteiger partial charge >= 0.3 is 5.97 Å². The molecule has 1 aromatic carbocycles. The highest BCUT2D eigenvalue weighted by Crippen LogP contribution is 2.14. The Hall–Kier alpha value is -1.89. The molecule has 0 saturated carbocycles. The standard InChI is InChI=1S/C12H15NO5S/c1-8(12(15)16)19(17)7-11(14)13-9-3-5-10(18-2)6-4-9/h3-6,8H,7H2,1-2H3,(H,13,14)(H,15,16). The van der Waals surface area contributed by atoms with Crippen LogP contribution in [0.1, 0.15) is 6.92 Å². The number of ether oxygens (including phenoxy) is 1. The number of hydrogen-bond donors (Lipinski definition) is 2. The molecular weight excluding hydrogens is 270 g/mol. The molecule has 19 heavy (non-hydrogen) atoms. The summed E-state index contributed by atoms with van der Waals surface area (Å²) >= 11 is 0. The minimum atomic E-state index is -1.74. The number of carboxylic acid groups (broad SMARTS) is 1. The zero-order valence-corrected chi connectivity index (χ0v) is 11.4. The predicted molar refractivity (Wildman–Crippen MR) is 71.7 cm³/mol. The molecule has 0 aromatic heterocycles. The lowest BCUT2D eigenvalue weighted by atomic mass is 10.3. The van der Waals surface area contributed by atoms with Gasteiger partial charge in [-0.1, -0.05) is 0 Å². The number of hydrogen-bond acceptors (Lipinski definition) is 4. The van der Waals surface area contributed by atoms with E-state index in [1.165, 1.54) is 14.0 Å². The molecule has 1 rings (SSSR count). The Labute approximate surface area is 113 Å². The third-order valence-corrected chi connectivity index (χ3v) is 3.93. The molecule has 0 radical (unpaired) electrons. The second-order valence-electron chi connectivity index (χ2n) is 3.78. The fraction of sp³-hybridized carbons (Fsp3) is 0.333. The predicted octanol–water partition coefficient (Wildman–Crippen LogP) is 0.855. The summed E-state index contributed by atoms with van der Waals surface area (Å²) in [6.45, 7) is 1.30. The molecule has 0 fully saturated rings. The zero-order valence-electron chi connectivity index (χ0n) is 10.6. The average molecular weight is 285 g/mol. The van der Waals surface area contributed by atoms with Crippen LogP contribution in [0.25, 0.3) is 0 Å². The highest BCUT2D eigenvalue weighted by atomic mass is 32.2. The molecule has 104 valence electrons. The van der Waals surface area contributed by atoms with Gasteiger partial charge in [0.05, 0.1) is 7.11 Å². The fourth-order valence-electron chi connectivity index (χ4n) is 1.24. The van der Waals surface area contributed by atoms with Gasteiger partial charge in [-0.2, -0.15) is 0 Å². The highest BCUT2D eigenvalue weighted by molar-refractivity contribution is 7.87. The number of carbonyl (C=O) groups is 2. The summed E-state index contributed by atoms with van der Waals surface area (Å²) < 4.78 is 16.5. The summed E-state index contributed by atoms with van der Waals surface area (Å²) in [5, 5.41) is 10.1. The second-order valence-corrected chi connectivity index (χ2v) is 5.54. The molecule has 0 bridgehead atoms. The van der Waals surface area contributed by atoms with Gasteiger partial charge < -0.3 is 15.2 Å². The Bertz CT molecular complexity index is 485.